The van der Waals surface area contributed by atoms with Crippen LogP contribution >= 0.6 is 0 Å². The summed E-state index contributed by atoms with van der Waals surface area (Å²) < 4.78 is 27.4. The number of rotatable bonds is 7. The van der Waals surface area contributed by atoms with E-state index in [0.29, 0.717) is 18.7 Å². The molecule has 2 fully saturated rings. The van der Waals surface area contributed by atoms with Gasteiger partial charge in [-0.2, -0.15) is 5.10 Å². The van der Waals surface area contributed by atoms with Crippen LogP contribution in [0.15, 0.2) is 55.0 Å². The number of H-pyrrole nitrogens is 2. The molecule has 0 aliphatic carbocycles. The van der Waals surface area contributed by atoms with Gasteiger partial charge in [0, 0.05) is 97.7 Å². The maximum absolute atomic E-state index is 13.7. The molecule has 4 aromatic heterocycles. The summed E-state index contributed by atoms with van der Waals surface area (Å²) >= 11 is 0. The number of halogens is 2. The molecular weight excluding hydrogens is 522 g/mol. The maximum atomic E-state index is 13.7. The molecule has 0 aromatic carbocycles. The Labute approximate surface area is 238 Å². The van der Waals surface area contributed by atoms with Crippen molar-refractivity contribution in [1.29, 1.82) is 0 Å². The quantitative estimate of drug-likeness (QED) is 0.299. The van der Waals surface area contributed by atoms with Gasteiger partial charge in [-0.05, 0) is 50.7 Å². The van der Waals surface area contributed by atoms with E-state index in [1.807, 2.05) is 13.0 Å². The number of likely N-dealkylation sites (tertiary alicyclic amines) is 1. The molecule has 6 rings (SSSR count). The highest BCUT2D eigenvalue weighted by Gasteiger charge is 2.38. The molecule has 2 saturated heterocycles. The second-order valence-electron chi connectivity index (χ2n) is 11.2. The van der Waals surface area contributed by atoms with Crippen LogP contribution in [0.4, 0.5) is 8.78 Å². The number of pyridine rings is 2. The first-order valence-electron chi connectivity index (χ1n) is 14.1. The number of likely N-dealkylation sites (N-methyl/N-ethyl adjacent to an activating group) is 1. The van der Waals surface area contributed by atoms with Gasteiger partial charge in [-0.3, -0.25) is 15.0 Å². The number of nitrogens with one attached hydrogen (secondary N) is 2. The highest BCUT2D eigenvalue weighted by molar-refractivity contribution is 5.93. The number of hydrogen-bond donors (Lipinski definition) is 2. The van der Waals surface area contributed by atoms with Gasteiger partial charge in [0.15, 0.2) is 5.65 Å². The lowest BCUT2D eigenvalue weighted by molar-refractivity contribution is 0.0115. The van der Waals surface area contributed by atoms with Crippen molar-refractivity contribution in [3.63, 3.8) is 0 Å². The Bertz CT molecular complexity index is 1590. The first-order valence-corrected chi connectivity index (χ1v) is 14.1. The molecule has 0 saturated carbocycles. The summed E-state index contributed by atoms with van der Waals surface area (Å²) in [6, 6.07) is 6.27. The van der Waals surface area contributed by atoms with Crippen molar-refractivity contribution in [2.75, 3.05) is 46.3 Å². The third-order valence-electron chi connectivity index (χ3n) is 8.04. The molecule has 2 aliphatic heterocycles. The van der Waals surface area contributed by atoms with Crippen molar-refractivity contribution >= 4 is 16.7 Å². The first-order chi connectivity index (χ1) is 19.8. The molecule has 0 bridgehead atoms. The lowest BCUT2D eigenvalue weighted by Gasteiger charge is -2.35. The lowest BCUT2D eigenvalue weighted by Crippen LogP contribution is -2.43. The fourth-order valence-electron chi connectivity index (χ4n) is 5.75. The second-order valence-corrected chi connectivity index (χ2v) is 11.2. The molecule has 2 aliphatic rings. The van der Waals surface area contributed by atoms with E-state index in [9.17, 15) is 8.78 Å². The van der Waals surface area contributed by atoms with Crippen molar-refractivity contribution in [2.45, 2.75) is 32.7 Å². The number of fused-ring (bicyclic) bond motifs is 1. The van der Waals surface area contributed by atoms with Gasteiger partial charge in [0.25, 0.3) is 5.92 Å². The summed E-state index contributed by atoms with van der Waals surface area (Å²) in [6.07, 6.45) is 11.6. The molecule has 6 heterocycles. The zero-order chi connectivity index (χ0) is 28.6. The van der Waals surface area contributed by atoms with Crippen molar-refractivity contribution < 1.29 is 8.78 Å². The number of aromatic nitrogens is 5. The third-order valence-corrected chi connectivity index (χ3v) is 8.04. The first kappa shape index (κ1) is 27.3. The van der Waals surface area contributed by atoms with Crippen LogP contribution in [0.1, 0.15) is 30.2 Å². The van der Waals surface area contributed by atoms with E-state index in [1.165, 1.54) is 11.3 Å². The maximum Gasteiger partial charge on any atom is 0.261 e. The largest absolute Gasteiger partial charge is 0.368 e. The average Bonchev–Trinajstić information content (AvgIpc) is 3.65. The smallest absolute Gasteiger partial charge is 0.261 e. The van der Waals surface area contributed by atoms with Crippen LogP contribution < -0.4 is 0 Å². The monoisotopic (exact) mass is 558 g/mol. The number of piperazine rings is 1. The van der Waals surface area contributed by atoms with Crippen molar-refractivity contribution in [3.05, 3.63) is 71.8 Å². The van der Waals surface area contributed by atoms with E-state index in [0.717, 1.165) is 65.3 Å². The van der Waals surface area contributed by atoms with E-state index in [-0.39, 0.29) is 13.0 Å². The van der Waals surface area contributed by atoms with E-state index in [1.54, 1.807) is 23.5 Å². The lowest BCUT2D eigenvalue weighted by atomic mass is 10.1. The molecule has 0 radical (unpaired) electrons. The molecule has 41 heavy (non-hydrogen) atoms. The minimum atomic E-state index is -2.61. The number of alkyl halides is 2. The molecule has 214 valence electrons. The van der Waals surface area contributed by atoms with Gasteiger partial charge >= 0.3 is 0 Å². The van der Waals surface area contributed by atoms with Crippen LogP contribution in [0.3, 0.4) is 0 Å². The Morgan fingerprint density at radius 1 is 1.05 bits per heavy atom. The van der Waals surface area contributed by atoms with Gasteiger partial charge in [-0.1, -0.05) is 12.2 Å². The SMILES string of the molecule is C/C=C\C=C(/c1cc(-c2[nH]nc3ncc(-c4cncc(CN5CCC(F)(F)C5)c4)cc23)[nH]c1C)N1CCN(C)CC1. The molecule has 0 atom stereocenters. The number of aryl methyl sites for hydroxylation is 1. The Morgan fingerprint density at radius 2 is 1.85 bits per heavy atom. The van der Waals surface area contributed by atoms with Crippen molar-refractivity contribution in [1.82, 2.24) is 39.8 Å². The number of nitrogens with zero attached hydrogens (tertiary/aromatic N) is 6. The van der Waals surface area contributed by atoms with E-state index in [2.05, 4.69) is 79.3 Å². The molecule has 0 unspecified atom stereocenters. The highest BCUT2D eigenvalue weighted by atomic mass is 19.3. The summed E-state index contributed by atoms with van der Waals surface area (Å²) in [5, 5.41) is 8.56. The number of aromatic amines is 2. The normalized spacial score (nSPS) is 18.8. The van der Waals surface area contributed by atoms with Crippen LogP contribution in [0, 0.1) is 6.92 Å². The van der Waals surface area contributed by atoms with E-state index >= 15 is 0 Å². The molecular formula is C31H36F2N8. The number of hydrogen-bond acceptors (Lipinski definition) is 6. The minimum Gasteiger partial charge on any atom is -0.368 e. The van der Waals surface area contributed by atoms with Crippen molar-refractivity contribution in [3.8, 4) is 22.5 Å². The standard InChI is InChI=1S/C31H36F2N8/c1-4-5-6-28(41-11-9-39(3)10-12-41)25-15-27(36-21(25)2)29-26-14-24(18-35-30(26)38-37-29)23-13-22(16-34-17-23)19-40-8-7-31(32,33)20-40/h4-6,13-18,36H,7-12,19-20H2,1-3H3,(H,35,37,38)/b5-4-,28-6+. The zero-order valence-corrected chi connectivity index (χ0v) is 23.8. The Hall–Kier alpha value is -3.89. The van der Waals surface area contributed by atoms with E-state index < -0.39 is 5.92 Å². The van der Waals surface area contributed by atoms with E-state index in [4.69, 9.17) is 0 Å². The average molecular weight is 559 g/mol. The molecule has 0 spiro atoms. The van der Waals surface area contributed by atoms with Crippen LogP contribution in [0.2, 0.25) is 0 Å². The Kier molecular flexibility index (Phi) is 7.44. The molecule has 4 aromatic rings. The Morgan fingerprint density at radius 3 is 2.61 bits per heavy atom. The van der Waals surface area contributed by atoms with Crippen LogP contribution in [-0.2, 0) is 6.54 Å². The summed E-state index contributed by atoms with van der Waals surface area (Å²) in [7, 11) is 2.17. The third kappa shape index (κ3) is 5.80. The summed E-state index contributed by atoms with van der Waals surface area (Å²) in [6.45, 7) is 8.79. The van der Waals surface area contributed by atoms with Gasteiger partial charge in [0.2, 0.25) is 0 Å². The van der Waals surface area contributed by atoms with Crippen molar-refractivity contribution in [2.24, 2.45) is 0 Å². The van der Waals surface area contributed by atoms with Crippen LogP contribution in [-0.4, -0.2) is 92.1 Å². The second kappa shape index (κ2) is 11.2. The molecule has 10 heteroatoms. The predicted octanol–water partition coefficient (Wildman–Crippen LogP) is 5.33. The summed E-state index contributed by atoms with van der Waals surface area (Å²) in [5.74, 6) is -2.61. The van der Waals surface area contributed by atoms with Crippen LogP contribution in [0.25, 0.3) is 39.2 Å². The van der Waals surface area contributed by atoms with Gasteiger partial charge in [-0.25, -0.2) is 13.8 Å². The van der Waals surface area contributed by atoms with Gasteiger partial charge in [0.05, 0.1) is 17.9 Å². The Balaban J connectivity index is 1.30. The summed E-state index contributed by atoms with van der Waals surface area (Å²) in [5.41, 5.74) is 8.60. The fourth-order valence-corrected chi connectivity index (χ4v) is 5.75. The molecule has 2 N–H and O–H groups in total. The fraction of sp³-hybridized carbons (Fsp3) is 0.387. The summed E-state index contributed by atoms with van der Waals surface area (Å²) in [4.78, 5) is 19.2. The van der Waals surface area contributed by atoms with Crippen LogP contribution in [0.5, 0.6) is 0 Å². The minimum absolute atomic E-state index is 0.0914. The topological polar surface area (TPSA) is 80.0 Å². The zero-order valence-electron chi connectivity index (χ0n) is 23.8. The van der Waals surface area contributed by atoms with Gasteiger partial charge < -0.3 is 14.8 Å². The highest BCUT2D eigenvalue weighted by Crippen LogP contribution is 2.33. The molecule has 8 nitrogen and oxygen atoms in total. The number of allylic oxidation sites excluding steroid dienone is 3. The predicted molar refractivity (Wildman–Crippen MR) is 158 cm³/mol. The molecule has 0 amide bonds. The van der Waals surface area contributed by atoms with Gasteiger partial charge in [0.1, 0.15) is 0 Å². The van der Waals surface area contributed by atoms with Gasteiger partial charge in [-0.15, -0.1) is 0 Å².